The number of benzene rings is 2. The van der Waals surface area contributed by atoms with Crippen LogP contribution in [0, 0.1) is 0 Å². The minimum Gasteiger partial charge on any atom is -0.357 e. The Bertz CT molecular complexity index is 823. The molecule has 0 saturated heterocycles. The lowest BCUT2D eigenvalue weighted by Gasteiger charge is -2.11. The number of nitrogens with one attached hydrogen (secondary N) is 2. The highest BCUT2D eigenvalue weighted by Gasteiger charge is 2.01. The van der Waals surface area contributed by atoms with Gasteiger partial charge in [-0.05, 0) is 37.5 Å². The van der Waals surface area contributed by atoms with Crippen molar-refractivity contribution in [3.05, 3.63) is 66.5 Å². The van der Waals surface area contributed by atoms with Crippen molar-refractivity contribution >= 4 is 17.0 Å². The maximum absolute atomic E-state index is 4.68. The molecular weight excluding hydrogens is 322 g/mol. The summed E-state index contributed by atoms with van der Waals surface area (Å²) in [5, 5.41) is 6.72. The maximum Gasteiger partial charge on any atom is 0.191 e. The second kappa shape index (κ2) is 9.61. The second-order valence-corrected chi connectivity index (χ2v) is 6.20. The van der Waals surface area contributed by atoms with Gasteiger partial charge in [0.2, 0.25) is 0 Å². The zero-order valence-corrected chi connectivity index (χ0v) is 15.4. The van der Waals surface area contributed by atoms with Crippen LogP contribution in [0.2, 0.25) is 0 Å². The third-order valence-electron chi connectivity index (χ3n) is 4.25. The molecule has 0 saturated carbocycles. The van der Waals surface area contributed by atoms with Crippen LogP contribution >= 0.6 is 0 Å². The molecule has 0 amide bonds. The highest BCUT2D eigenvalue weighted by molar-refractivity contribution is 5.79. The Kier molecular flexibility index (Phi) is 6.65. The molecule has 1 heterocycles. The average molecular weight is 349 g/mol. The number of nitrogens with zero attached hydrogens (tertiary/aromatic N) is 3. The maximum atomic E-state index is 4.68. The molecule has 0 bridgehead atoms. The Labute approximate surface area is 155 Å². The van der Waals surface area contributed by atoms with E-state index in [9.17, 15) is 0 Å². The van der Waals surface area contributed by atoms with Crippen LogP contribution in [0.4, 0.5) is 0 Å². The van der Waals surface area contributed by atoms with Gasteiger partial charge < -0.3 is 15.2 Å². The van der Waals surface area contributed by atoms with Crippen LogP contribution in [-0.4, -0.2) is 35.1 Å². The van der Waals surface area contributed by atoms with Gasteiger partial charge in [0.15, 0.2) is 5.96 Å². The van der Waals surface area contributed by atoms with E-state index in [4.69, 9.17) is 0 Å². The number of guanidine groups is 1. The van der Waals surface area contributed by atoms with E-state index in [0.717, 1.165) is 50.5 Å². The number of aromatic nitrogens is 2. The highest BCUT2D eigenvalue weighted by Crippen LogP contribution is 2.11. The predicted octanol–water partition coefficient (Wildman–Crippen LogP) is 3.22. The third kappa shape index (κ3) is 5.09. The van der Waals surface area contributed by atoms with Crippen molar-refractivity contribution in [3.63, 3.8) is 0 Å². The first kappa shape index (κ1) is 18.0. The third-order valence-corrected chi connectivity index (χ3v) is 4.25. The first-order valence-electron chi connectivity index (χ1n) is 9.33. The summed E-state index contributed by atoms with van der Waals surface area (Å²) in [6.07, 6.45) is 3.89. The topological polar surface area (TPSA) is 54.2 Å². The number of para-hydroxylation sites is 2. The van der Waals surface area contributed by atoms with Crippen molar-refractivity contribution in [2.75, 3.05) is 19.6 Å². The molecule has 5 nitrogen and oxygen atoms in total. The summed E-state index contributed by atoms with van der Waals surface area (Å²) in [6, 6.07) is 18.7. The molecule has 0 spiro atoms. The van der Waals surface area contributed by atoms with Crippen molar-refractivity contribution < 1.29 is 0 Å². The van der Waals surface area contributed by atoms with E-state index >= 15 is 0 Å². The largest absolute Gasteiger partial charge is 0.357 e. The summed E-state index contributed by atoms with van der Waals surface area (Å²) < 4.78 is 2.20. The van der Waals surface area contributed by atoms with E-state index in [1.54, 1.807) is 0 Å². The number of rotatable bonds is 8. The smallest absolute Gasteiger partial charge is 0.191 e. The van der Waals surface area contributed by atoms with Crippen molar-refractivity contribution in [3.8, 4) is 0 Å². The SMILES string of the molecule is CCNC(=NCCCn1cnc2ccccc21)NCCc1ccccc1. The number of aliphatic imine (C=N–C) groups is 1. The van der Waals surface area contributed by atoms with Crippen molar-refractivity contribution in [2.24, 2.45) is 4.99 Å². The molecular formula is C21H27N5. The fraction of sp³-hybridized carbons (Fsp3) is 0.333. The fourth-order valence-electron chi connectivity index (χ4n) is 2.93. The average Bonchev–Trinajstić information content (AvgIpc) is 3.09. The Morgan fingerprint density at radius 1 is 1.04 bits per heavy atom. The first-order chi connectivity index (χ1) is 12.9. The minimum absolute atomic E-state index is 0.785. The normalized spacial score (nSPS) is 11.7. The lowest BCUT2D eigenvalue weighted by Crippen LogP contribution is -2.38. The van der Waals surface area contributed by atoms with E-state index in [1.165, 1.54) is 11.1 Å². The van der Waals surface area contributed by atoms with Gasteiger partial charge in [-0.2, -0.15) is 0 Å². The van der Waals surface area contributed by atoms with E-state index in [1.807, 2.05) is 24.5 Å². The number of hydrogen-bond donors (Lipinski definition) is 2. The molecule has 0 fully saturated rings. The van der Waals surface area contributed by atoms with Crippen molar-refractivity contribution in [1.29, 1.82) is 0 Å². The van der Waals surface area contributed by atoms with Gasteiger partial charge in [-0.1, -0.05) is 42.5 Å². The van der Waals surface area contributed by atoms with Gasteiger partial charge in [-0.25, -0.2) is 4.98 Å². The fourth-order valence-corrected chi connectivity index (χ4v) is 2.93. The number of aryl methyl sites for hydroxylation is 1. The van der Waals surface area contributed by atoms with Gasteiger partial charge in [0.05, 0.1) is 17.4 Å². The molecule has 2 N–H and O–H groups in total. The highest BCUT2D eigenvalue weighted by atomic mass is 15.2. The van der Waals surface area contributed by atoms with Gasteiger partial charge in [0.1, 0.15) is 0 Å². The van der Waals surface area contributed by atoms with E-state index in [0.29, 0.717) is 0 Å². The Hall–Kier alpha value is -2.82. The van der Waals surface area contributed by atoms with E-state index in [2.05, 4.69) is 68.5 Å². The van der Waals surface area contributed by atoms with Crippen LogP contribution < -0.4 is 10.6 Å². The molecule has 5 heteroatoms. The monoisotopic (exact) mass is 349 g/mol. The van der Waals surface area contributed by atoms with Crippen molar-refractivity contribution in [1.82, 2.24) is 20.2 Å². The Morgan fingerprint density at radius 3 is 2.69 bits per heavy atom. The van der Waals surface area contributed by atoms with Gasteiger partial charge in [0.25, 0.3) is 0 Å². The molecule has 0 aliphatic carbocycles. The summed E-state index contributed by atoms with van der Waals surface area (Å²) in [6.45, 7) is 5.54. The molecule has 2 aromatic carbocycles. The quantitative estimate of drug-likeness (QED) is 0.373. The van der Waals surface area contributed by atoms with Crippen LogP contribution in [0.1, 0.15) is 18.9 Å². The molecule has 26 heavy (non-hydrogen) atoms. The van der Waals surface area contributed by atoms with Crippen LogP contribution in [-0.2, 0) is 13.0 Å². The summed E-state index contributed by atoms with van der Waals surface area (Å²) in [7, 11) is 0. The van der Waals surface area contributed by atoms with E-state index < -0.39 is 0 Å². The van der Waals surface area contributed by atoms with Gasteiger partial charge in [-0.15, -0.1) is 0 Å². The molecule has 0 aliphatic rings. The lowest BCUT2D eigenvalue weighted by molar-refractivity contribution is 0.661. The van der Waals surface area contributed by atoms with Crippen molar-refractivity contribution in [2.45, 2.75) is 26.3 Å². The molecule has 0 atom stereocenters. The summed E-state index contributed by atoms with van der Waals surface area (Å²) in [4.78, 5) is 9.12. The molecule has 136 valence electrons. The van der Waals surface area contributed by atoms with Crippen LogP contribution in [0.25, 0.3) is 11.0 Å². The zero-order chi connectivity index (χ0) is 18.0. The first-order valence-corrected chi connectivity index (χ1v) is 9.33. The molecule has 0 unspecified atom stereocenters. The van der Waals surface area contributed by atoms with Gasteiger partial charge >= 0.3 is 0 Å². The molecule has 3 aromatic rings. The van der Waals surface area contributed by atoms with Crippen LogP contribution in [0.5, 0.6) is 0 Å². The standard InChI is InChI=1S/C21H27N5/c1-2-22-21(24-15-13-18-9-4-3-5-10-18)23-14-8-16-26-17-25-19-11-6-7-12-20(19)26/h3-7,9-12,17H,2,8,13-16H2,1H3,(H2,22,23,24). The van der Waals surface area contributed by atoms with Crippen LogP contribution in [0.3, 0.4) is 0 Å². The van der Waals surface area contributed by atoms with Gasteiger partial charge in [-0.3, -0.25) is 4.99 Å². The molecule has 0 aliphatic heterocycles. The lowest BCUT2D eigenvalue weighted by atomic mass is 10.1. The predicted molar refractivity (Wildman–Crippen MR) is 108 cm³/mol. The second-order valence-electron chi connectivity index (χ2n) is 6.20. The minimum atomic E-state index is 0.785. The van der Waals surface area contributed by atoms with Crippen LogP contribution in [0.15, 0.2) is 65.9 Å². The molecule has 0 radical (unpaired) electrons. The number of imidazole rings is 1. The summed E-state index contributed by atoms with van der Waals surface area (Å²) in [5.74, 6) is 0.888. The van der Waals surface area contributed by atoms with E-state index in [-0.39, 0.29) is 0 Å². The summed E-state index contributed by atoms with van der Waals surface area (Å²) >= 11 is 0. The summed E-state index contributed by atoms with van der Waals surface area (Å²) in [5.41, 5.74) is 3.57. The Balaban J connectivity index is 1.46. The molecule has 1 aromatic heterocycles. The van der Waals surface area contributed by atoms with Gasteiger partial charge in [0, 0.05) is 26.2 Å². The Morgan fingerprint density at radius 2 is 1.85 bits per heavy atom. The zero-order valence-electron chi connectivity index (χ0n) is 15.4. The number of fused-ring (bicyclic) bond motifs is 1. The number of hydrogen-bond acceptors (Lipinski definition) is 2. The molecule has 3 rings (SSSR count).